The minimum absolute atomic E-state index is 0.241. The second-order valence-electron chi connectivity index (χ2n) is 9.78. The van der Waals surface area contributed by atoms with Crippen LogP contribution in [0.15, 0.2) is 36.4 Å². The lowest BCUT2D eigenvalue weighted by atomic mass is 9.95. The van der Waals surface area contributed by atoms with Crippen LogP contribution in [0.2, 0.25) is 0 Å². The summed E-state index contributed by atoms with van der Waals surface area (Å²) in [4.78, 5) is 13.5. The summed E-state index contributed by atoms with van der Waals surface area (Å²) < 4.78 is 12.2. The summed E-state index contributed by atoms with van der Waals surface area (Å²) in [5.74, 6) is 0.769. The maximum Gasteiger partial charge on any atom is 0.307 e. The van der Waals surface area contributed by atoms with Gasteiger partial charge in [0, 0.05) is 19.6 Å². The van der Waals surface area contributed by atoms with Crippen molar-refractivity contribution in [1.29, 1.82) is 0 Å². The Hall–Kier alpha value is -2.65. The number of ether oxygens (including phenoxy) is 2. The van der Waals surface area contributed by atoms with Crippen LogP contribution in [0.5, 0.6) is 11.5 Å². The molecule has 204 valence electrons. The van der Waals surface area contributed by atoms with Gasteiger partial charge in [0.2, 0.25) is 0 Å². The van der Waals surface area contributed by atoms with Crippen LogP contribution in [0.25, 0.3) is 11.1 Å². The van der Waals surface area contributed by atoms with Gasteiger partial charge in [-0.15, -0.1) is 0 Å². The highest BCUT2D eigenvalue weighted by molar-refractivity contribution is 5.74. The zero-order chi connectivity index (χ0) is 26.6. The van der Waals surface area contributed by atoms with Gasteiger partial charge in [-0.3, -0.25) is 4.79 Å². The first-order chi connectivity index (χ1) is 17.9. The number of nitrogens with one attached hydrogen (secondary N) is 1. The average molecular weight is 515 g/mol. The highest BCUT2D eigenvalue weighted by atomic mass is 16.5. The summed E-state index contributed by atoms with van der Waals surface area (Å²) in [6.07, 6.45) is 2.62. The molecule has 3 rings (SSSR count). The lowest BCUT2D eigenvalue weighted by Crippen LogP contribution is -2.39. The molecule has 1 saturated heterocycles. The Morgan fingerprint density at radius 2 is 1.68 bits per heavy atom. The molecule has 2 unspecified atom stereocenters. The van der Waals surface area contributed by atoms with Crippen molar-refractivity contribution in [3.05, 3.63) is 47.5 Å². The molecule has 1 aliphatic heterocycles. The Bertz CT molecular complexity index is 998. The minimum atomic E-state index is -0.732. The predicted octanol–water partition coefficient (Wildman–Crippen LogP) is 3.25. The molecule has 0 bridgehead atoms. The summed E-state index contributed by atoms with van der Waals surface area (Å²) in [7, 11) is 0. The zero-order valence-electron chi connectivity index (χ0n) is 22.1. The highest BCUT2D eigenvalue weighted by Crippen LogP contribution is 2.35. The van der Waals surface area contributed by atoms with Crippen molar-refractivity contribution in [3.63, 3.8) is 0 Å². The van der Waals surface area contributed by atoms with E-state index >= 15 is 0 Å². The van der Waals surface area contributed by atoms with E-state index in [0.717, 1.165) is 72.5 Å². The smallest absolute Gasteiger partial charge is 0.307 e. The van der Waals surface area contributed by atoms with Crippen LogP contribution in [-0.4, -0.2) is 84.8 Å². The molecule has 8 nitrogen and oxygen atoms in total. The quantitative estimate of drug-likeness (QED) is 0.268. The lowest BCUT2D eigenvalue weighted by molar-refractivity contribution is -0.143. The number of aliphatic hydroxyl groups is 2. The first kappa shape index (κ1) is 28.9. The number of aliphatic carboxylic acids is 1. The van der Waals surface area contributed by atoms with Gasteiger partial charge in [0.1, 0.15) is 11.5 Å². The number of carboxylic acids is 1. The average Bonchev–Trinajstić information content (AvgIpc) is 2.90. The normalized spacial score (nSPS) is 16.9. The van der Waals surface area contributed by atoms with E-state index in [2.05, 4.69) is 36.2 Å². The first-order valence-corrected chi connectivity index (χ1v) is 13.3. The van der Waals surface area contributed by atoms with Crippen molar-refractivity contribution in [3.8, 4) is 22.6 Å². The second-order valence-corrected chi connectivity index (χ2v) is 9.78. The van der Waals surface area contributed by atoms with Crippen molar-refractivity contribution in [2.24, 2.45) is 5.92 Å². The van der Waals surface area contributed by atoms with Crippen molar-refractivity contribution in [1.82, 2.24) is 10.2 Å². The maximum atomic E-state index is 11.3. The number of piperidine rings is 1. The van der Waals surface area contributed by atoms with Gasteiger partial charge in [0.15, 0.2) is 0 Å². The van der Waals surface area contributed by atoms with Gasteiger partial charge >= 0.3 is 5.97 Å². The Kier molecular flexibility index (Phi) is 11.7. The summed E-state index contributed by atoms with van der Waals surface area (Å²) in [6, 6.07) is 12.2. The fourth-order valence-corrected chi connectivity index (χ4v) is 4.77. The number of carbonyl (C=O) groups is 1. The molecule has 2 aromatic carbocycles. The molecule has 0 saturated carbocycles. The summed E-state index contributed by atoms with van der Waals surface area (Å²) >= 11 is 0. The Labute approximate surface area is 220 Å². The van der Waals surface area contributed by atoms with E-state index in [9.17, 15) is 15.0 Å². The van der Waals surface area contributed by atoms with E-state index in [1.165, 1.54) is 0 Å². The summed E-state index contributed by atoms with van der Waals surface area (Å²) in [5.41, 5.74) is 4.38. The zero-order valence-corrected chi connectivity index (χ0v) is 22.1. The molecule has 1 fully saturated rings. The summed E-state index contributed by atoms with van der Waals surface area (Å²) in [5, 5.41) is 30.6. The molecular formula is C29H42N2O6. The van der Waals surface area contributed by atoms with Gasteiger partial charge in [-0.1, -0.05) is 24.3 Å². The monoisotopic (exact) mass is 514 g/mol. The SMILES string of the molecule is Cc1c(OCCCNCC(O)CO)cccc1-c1cccc(OCCCN2CCCC(C(=O)O)C2)c1C. The van der Waals surface area contributed by atoms with Crippen LogP contribution in [0.4, 0.5) is 0 Å². The molecule has 4 N–H and O–H groups in total. The Balaban J connectivity index is 1.52. The summed E-state index contributed by atoms with van der Waals surface area (Å²) in [6.45, 7) is 8.54. The highest BCUT2D eigenvalue weighted by Gasteiger charge is 2.24. The molecule has 0 radical (unpaired) electrons. The van der Waals surface area contributed by atoms with Crippen molar-refractivity contribution in [2.45, 2.75) is 45.6 Å². The Morgan fingerprint density at radius 3 is 2.27 bits per heavy atom. The van der Waals surface area contributed by atoms with E-state index in [0.29, 0.717) is 32.8 Å². The fourth-order valence-electron chi connectivity index (χ4n) is 4.77. The maximum absolute atomic E-state index is 11.3. The van der Waals surface area contributed by atoms with Gasteiger partial charge in [-0.25, -0.2) is 0 Å². The largest absolute Gasteiger partial charge is 0.493 e. The standard InChI is InChI=1S/C29H42N2O6/c1-21-25(9-3-11-27(21)36-16-6-13-30-18-24(33)20-32)26-10-4-12-28(22(26)2)37-17-7-15-31-14-5-8-23(19-31)29(34)35/h3-4,9-12,23-24,30,32-33H,5-8,13-20H2,1-2H3,(H,34,35). The molecule has 0 aliphatic carbocycles. The third-order valence-corrected chi connectivity index (χ3v) is 6.94. The minimum Gasteiger partial charge on any atom is -0.493 e. The number of carboxylic acid groups (broad SMARTS) is 1. The van der Waals surface area contributed by atoms with Crippen LogP contribution in [0.1, 0.15) is 36.8 Å². The van der Waals surface area contributed by atoms with Gasteiger partial charge in [0.05, 0.1) is 31.8 Å². The molecule has 2 atom stereocenters. The molecular weight excluding hydrogens is 472 g/mol. The van der Waals surface area contributed by atoms with Crippen LogP contribution < -0.4 is 14.8 Å². The number of hydrogen-bond acceptors (Lipinski definition) is 7. The molecule has 37 heavy (non-hydrogen) atoms. The third-order valence-electron chi connectivity index (χ3n) is 6.94. The molecule has 2 aromatic rings. The number of hydrogen-bond donors (Lipinski definition) is 4. The molecule has 1 aliphatic rings. The Morgan fingerprint density at radius 1 is 1.05 bits per heavy atom. The van der Waals surface area contributed by atoms with E-state index in [-0.39, 0.29) is 12.5 Å². The number of aliphatic hydroxyl groups excluding tert-OH is 2. The van der Waals surface area contributed by atoms with Gasteiger partial charge in [0.25, 0.3) is 0 Å². The molecule has 0 amide bonds. The van der Waals surface area contributed by atoms with E-state index < -0.39 is 12.1 Å². The third kappa shape index (κ3) is 8.71. The van der Waals surface area contributed by atoms with Crippen molar-refractivity contribution >= 4 is 5.97 Å². The van der Waals surface area contributed by atoms with E-state index in [1.54, 1.807) is 0 Å². The van der Waals surface area contributed by atoms with Crippen LogP contribution in [0, 0.1) is 19.8 Å². The lowest BCUT2D eigenvalue weighted by Gasteiger charge is -2.30. The van der Waals surface area contributed by atoms with Crippen molar-refractivity contribution < 1.29 is 29.6 Å². The van der Waals surface area contributed by atoms with Crippen LogP contribution in [-0.2, 0) is 4.79 Å². The topological polar surface area (TPSA) is 111 Å². The molecule has 0 aromatic heterocycles. The van der Waals surface area contributed by atoms with Crippen LogP contribution >= 0.6 is 0 Å². The van der Waals surface area contributed by atoms with Gasteiger partial charge in [-0.2, -0.15) is 0 Å². The molecule has 1 heterocycles. The molecule has 8 heteroatoms. The predicted molar refractivity (Wildman–Crippen MR) is 144 cm³/mol. The first-order valence-electron chi connectivity index (χ1n) is 13.3. The van der Waals surface area contributed by atoms with E-state index in [1.807, 2.05) is 24.3 Å². The number of rotatable bonds is 15. The second kappa shape index (κ2) is 14.9. The fraction of sp³-hybridized carbons (Fsp3) is 0.552. The number of likely N-dealkylation sites (tertiary alicyclic amines) is 1. The number of benzene rings is 2. The van der Waals surface area contributed by atoms with Gasteiger partial charge < -0.3 is 35.0 Å². The van der Waals surface area contributed by atoms with Gasteiger partial charge in [-0.05, 0) is 87.0 Å². The van der Waals surface area contributed by atoms with E-state index in [4.69, 9.17) is 14.6 Å². The van der Waals surface area contributed by atoms with Crippen LogP contribution in [0.3, 0.4) is 0 Å². The van der Waals surface area contributed by atoms with Crippen molar-refractivity contribution in [2.75, 3.05) is 52.5 Å². The molecule has 0 spiro atoms. The number of nitrogens with zero attached hydrogens (tertiary/aromatic N) is 1.